The third kappa shape index (κ3) is 3.43. The van der Waals surface area contributed by atoms with Crippen molar-refractivity contribution in [3.8, 4) is 0 Å². The molecule has 0 saturated heterocycles. The van der Waals surface area contributed by atoms with Crippen molar-refractivity contribution in [2.75, 3.05) is 17.3 Å². The van der Waals surface area contributed by atoms with Gasteiger partial charge in [-0.1, -0.05) is 18.2 Å². The fourth-order valence-corrected chi connectivity index (χ4v) is 1.64. The Morgan fingerprint density at radius 3 is 2.67 bits per heavy atom. The van der Waals surface area contributed by atoms with E-state index in [0.717, 1.165) is 17.8 Å². The van der Waals surface area contributed by atoms with Gasteiger partial charge in [-0.2, -0.15) is 0 Å². The first-order valence-electron chi connectivity index (χ1n) is 5.70. The van der Waals surface area contributed by atoms with Gasteiger partial charge in [-0.25, -0.2) is 15.2 Å². The molecule has 0 atom stereocenters. The molecule has 0 aliphatic carbocycles. The zero-order valence-corrected chi connectivity index (χ0v) is 9.86. The number of pyridine rings is 1. The molecule has 0 aliphatic rings. The zero-order valence-electron chi connectivity index (χ0n) is 9.86. The number of benzene rings is 1. The number of hydrazine groups is 1. The molecular weight excluding hydrogens is 231 g/mol. The zero-order chi connectivity index (χ0) is 12.8. The first-order chi connectivity index (χ1) is 8.78. The fourth-order valence-electron chi connectivity index (χ4n) is 1.64. The quantitative estimate of drug-likeness (QED) is 0.559. The summed E-state index contributed by atoms with van der Waals surface area (Å²) in [5.41, 5.74) is 3.44. The van der Waals surface area contributed by atoms with Gasteiger partial charge in [0.2, 0.25) is 0 Å². The van der Waals surface area contributed by atoms with Crippen molar-refractivity contribution >= 4 is 11.6 Å². The van der Waals surface area contributed by atoms with E-state index in [9.17, 15) is 4.39 Å². The Hall–Kier alpha value is -2.14. The van der Waals surface area contributed by atoms with Gasteiger partial charge in [-0.15, -0.1) is 0 Å². The number of nitrogens with zero attached hydrogens (tertiary/aromatic N) is 1. The molecule has 0 radical (unpaired) electrons. The number of aromatic nitrogens is 1. The molecule has 0 bridgehead atoms. The molecule has 0 saturated carbocycles. The summed E-state index contributed by atoms with van der Waals surface area (Å²) in [6, 6.07) is 12.1. The van der Waals surface area contributed by atoms with Crippen LogP contribution in [-0.4, -0.2) is 11.5 Å². The number of anilines is 2. The van der Waals surface area contributed by atoms with Gasteiger partial charge in [0.1, 0.15) is 17.5 Å². The number of halogens is 1. The Bertz CT molecular complexity index is 516. The predicted octanol–water partition coefficient (Wildman–Crippen LogP) is 2.16. The Morgan fingerprint density at radius 2 is 1.89 bits per heavy atom. The van der Waals surface area contributed by atoms with Gasteiger partial charge in [0.05, 0.1) is 0 Å². The van der Waals surface area contributed by atoms with Gasteiger partial charge in [0, 0.05) is 6.54 Å². The van der Waals surface area contributed by atoms with Gasteiger partial charge in [-0.3, -0.25) is 0 Å². The lowest BCUT2D eigenvalue weighted by molar-refractivity contribution is 0.625. The van der Waals surface area contributed by atoms with E-state index in [-0.39, 0.29) is 5.82 Å². The van der Waals surface area contributed by atoms with Gasteiger partial charge >= 0.3 is 0 Å². The molecule has 0 aliphatic heterocycles. The molecule has 18 heavy (non-hydrogen) atoms. The van der Waals surface area contributed by atoms with Crippen molar-refractivity contribution in [2.24, 2.45) is 5.84 Å². The molecule has 94 valence electrons. The molecule has 0 spiro atoms. The summed E-state index contributed by atoms with van der Waals surface area (Å²) in [7, 11) is 0. The number of nitrogen functional groups attached to an aromatic ring is 1. The maximum atomic E-state index is 13.0. The summed E-state index contributed by atoms with van der Waals surface area (Å²) in [6.07, 6.45) is 0.736. The van der Waals surface area contributed by atoms with Crippen LogP contribution in [0.5, 0.6) is 0 Å². The van der Waals surface area contributed by atoms with E-state index in [1.807, 2.05) is 18.2 Å². The van der Waals surface area contributed by atoms with Crippen molar-refractivity contribution in [3.63, 3.8) is 0 Å². The number of hydrogen-bond donors (Lipinski definition) is 3. The minimum absolute atomic E-state index is 0.208. The van der Waals surface area contributed by atoms with E-state index >= 15 is 0 Å². The van der Waals surface area contributed by atoms with Crippen LogP contribution in [0.4, 0.5) is 16.0 Å². The lowest BCUT2D eigenvalue weighted by atomic mass is 10.1. The summed E-state index contributed by atoms with van der Waals surface area (Å²) >= 11 is 0. The second-order valence-electron chi connectivity index (χ2n) is 3.86. The van der Waals surface area contributed by atoms with Crippen LogP contribution in [-0.2, 0) is 6.42 Å². The highest BCUT2D eigenvalue weighted by Gasteiger charge is 1.97. The summed E-state index contributed by atoms with van der Waals surface area (Å²) in [6.45, 7) is 0.685. The summed E-state index contributed by atoms with van der Waals surface area (Å²) in [4.78, 5) is 4.22. The number of nitrogens with two attached hydrogens (primary N) is 1. The van der Waals surface area contributed by atoms with Crippen molar-refractivity contribution in [1.82, 2.24) is 4.98 Å². The van der Waals surface area contributed by atoms with Crippen LogP contribution in [0.25, 0.3) is 0 Å². The van der Waals surface area contributed by atoms with E-state index in [4.69, 9.17) is 5.84 Å². The van der Waals surface area contributed by atoms with Crippen LogP contribution >= 0.6 is 0 Å². The van der Waals surface area contributed by atoms with Crippen LogP contribution in [0.1, 0.15) is 5.56 Å². The minimum atomic E-state index is -0.208. The third-order valence-electron chi connectivity index (χ3n) is 2.51. The van der Waals surface area contributed by atoms with E-state index in [2.05, 4.69) is 15.7 Å². The normalized spacial score (nSPS) is 10.1. The lowest BCUT2D eigenvalue weighted by Gasteiger charge is -2.07. The van der Waals surface area contributed by atoms with Crippen molar-refractivity contribution < 1.29 is 4.39 Å². The van der Waals surface area contributed by atoms with Crippen LogP contribution in [0, 0.1) is 5.82 Å². The van der Waals surface area contributed by atoms with E-state index in [1.165, 1.54) is 12.1 Å². The van der Waals surface area contributed by atoms with E-state index < -0.39 is 0 Å². The molecule has 2 aromatic rings. The average molecular weight is 246 g/mol. The maximum absolute atomic E-state index is 13.0. The third-order valence-corrected chi connectivity index (χ3v) is 2.51. The monoisotopic (exact) mass is 246 g/mol. The second kappa shape index (κ2) is 5.97. The predicted molar refractivity (Wildman–Crippen MR) is 70.6 cm³/mol. The summed E-state index contributed by atoms with van der Waals surface area (Å²) in [5, 5.41) is 3.16. The van der Waals surface area contributed by atoms with Crippen molar-refractivity contribution in [3.05, 3.63) is 53.8 Å². The van der Waals surface area contributed by atoms with Crippen molar-refractivity contribution in [2.45, 2.75) is 6.42 Å². The summed E-state index contributed by atoms with van der Waals surface area (Å²) < 4.78 is 13.0. The molecular formula is C13H15FN4. The smallest absolute Gasteiger partial charge is 0.142 e. The molecule has 1 heterocycles. The van der Waals surface area contributed by atoms with Gasteiger partial charge < -0.3 is 10.7 Å². The standard InChI is InChI=1S/C13H15FN4/c14-11-4-1-3-10(9-11)7-8-16-12-5-2-6-13(17-12)18-15/h1-6,9H,7-8,15H2,(H2,16,17,18). The number of rotatable bonds is 5. The molecule has 5 heteroatoms. The molecule has 0 unspecified atom stereocenters. The molecule has 4 N–H and O–H groups in total. The Labute approximate surface area is 105 Å². The largest absolute Gasteiger partial charge is 0.370 e. The van der Waals surface area contributed by atoms with Gasteiger partial charge in [0.15, 0.2) is 0 Å². The first kappa shape index (κ1) is 12.3. The Balaban J connectivity index is 1.88. The van der Waals surface area contributed by atoms with Gasteiger partial charge in [-0.05, 0) is 36.2 Å². The number of nitrogens with one attached hydrogen (secondary N) is 2. The maximum Gasteiger partial charge on any atom is 0.142 e. The topological polar surface area (TPSA) is 63.0 Å². The van der Waals surface area contributed by atoms with Crippen LogP contribution in [0.3, 0.4) is 0 Å². The second-order valence-corrected chi connectivity index (χ2v) is 3.86. The highest BCUT2D eigenvalue weighted by atomic mass is 19.1. The fraction of sp³-hybridized carbons (Fsp3) is 0.154. The molecule has 2 rings (SSSR count). The van der Waals surface area contributed by atoms with Crippen LogP contribution in [0.15, 0.2) is 42.5 Å². The van der Waals surface area contributed by atoms with Gasteiger partial charge in [0.25, 0.3) is 0 Å². The van der Waals surface area contributed by atoms with E-state index in [1.54, 1.807) is 12.1 Å². The number of hydrogen-bond acceptors (Lipinski definition) is 4. The highest BCUT2D eigenvalue weighted by Crippen LogP contribution is 2.09. The Morgan fingerprint density at radius 1 is 1.11 bits per heavy atom. The molecule has 0 amide bonds. The SMILES string of the molecule is NNc1cccc(NCCc2cccc(F)c2)n1. The first-order valence-corrected chi connectivity index (χ1v) is 5.70. The molecule has 4 nitrogen and oxygen atoms in total. The average Bonchev–Trinajstić information content (AvgIpc) is 2.39. The molecule has 1 aromatic heterocycles. The van der Waals surface area contributed by atoms with Crippen molar-refractivity contribution in [1.29, 1.82) is 0 Å². The Kier molecular flexibility index (Phi) is 4.09. The van der Waals surface area contributed by atoms with E-state index in [0.29, 0.717) is 12.4 Å². The highest BCUT2D eigenvalue weighted by molar-refractivity contribution is 5.44. The van der Waals surface area contributed by atoms with Crippen LogP contribution in [0.2, 0.25) is 0 Å². The minimum Gasteiger partial charge on any atom is -0.370 e. The summed E-state index contributed by atoms with van der Waals surface area (Å²) in [5.74, 6) is 6.41. The van der Waals surface area contributed by atoms with Crippen LogP contribution < -0.4 is 16.6 Å². The molecule has 0 fully saturated rings. The lowest BCUT2D eigenvalue weighted by Crippen LogP contribution is -2.11. The molecule has 1 aromatic carbocycles.